The zero-order valence-corrected chi connectivity index (χ0v) is 8.34. The number of hydroxylamine groups is 2. The van der Waals surface area contributed by atoms with E-state index in [4.69, 9.17) is 14.7 Å². The Bertz CT molecular complexity index is 360. The van der Waals surface area contributed by atoms with Crippen molar-refractivity contribution in [2.24, 2.45) is 0 Å². The van der Waals surface area contributed by atoms with E-state index in [1.165, 1.54) is 18.4 Å². The second kappa shape index (κ2) is 3.47. The summed E-state index contributed by atoms with van der Waals surface area (Å²) in [6, 6.07) is 0. The van der Waals surface area contributed by atoms with Crippen LogP contribution in [0.2, 0.25) is 0 Å². The molecule has 0 unspecified atom stereocenters. The number of amides is 1. The van der Waals surface area contributed by atoms with Gasteiger partial charge in [-0.1, -0.05) is 0 Å². The van der Waals surface area contributed by atoms with Gasteiger partial charge in [0.2, 0.25) is 0 Å². The van der Waals surface area contributed by atoms with Crippen LogP contribution >= 0.6 is 11.3 Å². The van der Waals surface area contributed by atoms with Gasteiger partial charge in [-0.15, -0.1) is 11.3 Å². The van der Waals surface area contributed by atoms with Gasteiger partial charge in [-0.3, -0.25) is 10.0 Å². The van der Waals surface area contributed by atoms with Gasteiger partial charge in [-0.2, -0.15) is 0 Å². The maximum atomic E-state index is 11.4. The molecule has 5 nitrogen and oxygen atoms in total. The Morgan fingerprint density at radius 1 is 1.57 bits per heavy atom. The van der Waals surface area contributed by atoms with Crippen molar-refractivity contribution < 1.29 is 19.5 Å². The Kier molecular flexibility index (Phi) is 2.30. The first-order valence-electron chi connectivity index (χ1n) is 4.04. The summed E-state index contributed by atoms with van der Waals surface area (Å²) in [6.07, 6.45) is 0. The van der Waals surface area contributed by atoms with E-state index in [1.54, 1.807) is 5.38 Å². The van der Waals surface area contributed by atoms with E-state index in [-0.39, 0.29) is 0 Å². The molecule has 0 saturated carbocycles. The van der Waals surface area contributed by atoms with Crippen LogP contribution in [0.1, 0.15) is 9.67 Å². The average molecular weight is 215 g/mol. The molecular formula is C8H9NO4S. The van der Waals surface area contributed by atoms with Crippen LogP contribution in [0.5, 0.6) is 11.5 Å². The summed E-state index contributed by atoms with van der Waals surface area (Å²) in [7, 11) is 1.28. The van der Waals surface area contributed by atoms with Gasteiger partial charge in [-0.05, 0) is 0 Å². The molecule has 0 aliphatic carbocycles. The lowest BCUT2D eigenvalue weighted by Crippen LogP contribution is -2.23. The second-order valence-electron chi connectivity index (χ2n) is 2.78. The van der Waals surface area contributed by atoms with E-state index in [2.05, 4.69) is 0 Å². The van der Waals surface area contributed by atoms with Crippen molar-refractivity contribution in [2.75, 3.05) is 20.3 Å². The Balaban J connectivity index is 2.35. The summed E-state index contributed by atoms with van der Waals surface area (Å²) in [5.41, 5.74) is 0. The molecule has 1 amide bonds. The highest BCUT2D eigenvalue weighted by molar-refractivity contribution is 7.12. The lowest BCUT2D eigenvalue weighted by Gasteiger charge is -2.16. The Morgan fingerprint density at radius 2 is 2.29 bits per heavy atom. The molecule has 6 heteroatoms. The first-order chi connectivity index (χ1) is 6.70. The number of fused-ring (bicyclic) bond motifs is 1. The van der Waals surface area contributed by atoms with Crippen molar-refractivity contribution in [1.82, 2.24) is 5.06 Å². The van der Waals surface area contributed by atoms with Gasteiger partial charge in [0.15, 0.2) is 11.5 Å². The largest absolute Gasteiger partial charge is 0.485 e. The number of nitrogens with zero attached hydrogens (tertiary/aromatic N) is 1. The highest BCUT2D eigenvalue weighted by Gasteiger charge is 2.24. The van der Waals surface area contributed by atoms with Crippen LogP contribution in [-0.4, -0.2) is 36.4 Å². The van der Waals surface area contributed by atoms with Gasteiger partial charge >= 0.3 is 0 Å². The zero-order valence-electron chi connectivity index (χ0n) is 7.52. The first-order valence-corrected chi connectivity index (χ1v) is 4.92. The van der Waals surface area contributed by atoms with Gasteiger partial charge in [-0.25, -0.2) is 5.06 Å². The van der Waals surface area contributed by atoms with Crippen LogP contribution < -0.4 is 9.47 Å². The maximum absolute atomic E-state index is 11.4. The van der Waals surface area contributed by atoms with Crippen molar-refractivity contribution in [1.29, 1.82) is 0 Å². The van der Waals surface area contributed by atoms with Crippen molar-refractivity contribution in [3.8, 4) is 11.5 Å². The first kappa shape index (κ1) is 9.29. The van der Waals surface area contributed by atoms with Gasteiger partial charge in [0.05, 0.1) is 0 Å². The third kappa shape index (κ3) is 1.42. The molecule has 0 saturated heterocycles. The van der Waals surface area contributed by atoms with E-state index < -0.39 is 5.91 Å². The summed E-state index contributed by atoms with van der Waals surface area (Å²) < 4.78 is 10.6. The molecule has 14 heavy (non-hydrogen) atoms. The Hall–Kier alpha value is -1.27. The van der Waals surface area contributed by atoms with Crippen molar-refractivity contribution >= 4 is 17.2 Å². The normalized spacial score (nSPS) is 13.9. The molecule has 0 radical (unpaired) electrons. The van der Waals surface area contributed by atoms with Crippen LogP contribution in [0, 0.1) is 0 Å². The number of hydrogen-bond donors (Lipinski definition) is 1. The molecule has 1 aromatic rings. The fraction of sp³-hybridized carbons (Fsp3) is 0.375. The van der Waals surface area contributed by atoms with Gasteiger partial charge in [0.1, 0.15) is 18.1 Å². The maximum Gasteiger partial charge on any atom is 0.290 e. The van der Waals surface area contributed by atoms with E-state index >= 15 is 0 Å². The van der Waals surface area contributed by atoms with E-state index in [0.29, 0.717) is 34.7 Å². The minimum atomic E-state index is -0.484. The third-order valence-corrected chi connectivity index (χ3v) is 2.72. The summed E-state index contributed by atoms with van der Waals surface area (Å²) in [5, 5.41) is 11.2. The molecule has 1 aromatic heterocycles. The van der Waals surface area contributed by atoms with Gasteiger partial charge < -0.3 is 9.47 Å². The van der Waals surface area contributed by atoms with Gasteiger partial charge in [0.25, 0.3) is 5.91 Å². The Labute approximate surface area is 84.4 Å². The fourth-order valence-corrected chi connectivity index (χ4v) is 2.06. The third-order valence-electron chi connectivity index (χ3n) is 1.79. The van der Waals surface area contributed by atoms with Crippen molar-refractivity contribution in [3.63, 3.8) is 0 Å². The molecule has 0 spiro atoms. The minimum absolute atomic E-state index is 0.365. The fourth-order valence-electron chi connectivity index (χ4n) is 1.16. The highest BCUT2D eigenvalue weighted by Crippen LogP contribution is 2.39. The zero-order chi connectivity index (χ0) is 10.1. The topological polar surface area (TPSA) is 59.0 Å². The molecule has 1 aliphatic heterocycles. The lowest BCUT2D eigenvalue weighted by molar-refractivity contribution is -0.0374. The lowest BCUT2D eigenvalue weighted by atomic mass is 10.3. The van der Waals surface area contributed by atoms with Crippen LogP contribution in [0.15, 0.2) is 5.38 Å². The molecular weight excluding hydrogens is 206 g/mol. The molecule has 0 atom stereocenters. The highest BCUT2D eigenvalue weighted by atomic mass is 32.1. The molecule has 76 valence electrons. The molecule has 2 heterocycles. The van der Waals surface area contributed by atoms with E-state index in [9.17, 15) is 4.79 Å². The molecule has 0 aromatic carbocycles. The number of carbonyl (C=O) groups is 1. The standard InChI is InChI=1S/C8H9NO4S/c1-9(11)8(10)7-6-5(4-14-7)12-2-3-13-6/h4,11H,2-3H2,1H3. The summed E-state index contributed by atoms with van der Waals surface area (Å²) in [4.78, 5) is 11.8. The number of ether oxygens (including phenoxy) is 2. The second-order valence-corrected chi connectivity index (χ2v) is 3.66. The number of carbonyl (C=O) groups excluding carboxylic acids is 1. The quantitative estimate of drug-likeness (QED) is 0.560. The molecule has 2 rings (SSSR count). The smallest absolute Gasteiger partial charge is 0.290 e. The van der Waals surface area contributed by atoms with Crippen molar-refractivity contribution in [2.45, 2.75) is 0 Å². The summed E-state index contributed by atoms with van der Waals surface area (Å²) >= 11 is 1.20. The van der Waals surface area contributed by atoms with Gasteiger partial charge in [0, 0.05) is 12.4 Å². The molecule has 0 bridgehead atoms. The van der Waals surface area contributed by atoms with E-state index in [0.717, 1.165) is 0 Å². The number of hydrogen-bond acceptors (Lipinski definition) is 5. The van der Waals surface area contributed by atoms with Crippen molar-refractivity contribution in [3.05, 3.63) is 10.3 Å². The number of rotatable bonds is 1. The minimum Gasteiger partial charge on any atom is -0.485 e. The number of thiophene rings is 1. The van der Waals surface area contributed by atoms with E-state index in [1.807, 2.05) is 0 Å². The SMILES string of the molecule is CN(O)C(=O)c1scc2c1OCCO2. The summed E-state index contributed by atoms with van der Waals surface area (Å²) in [6.45, 7) is 0.922. The van der Waals surface area contributed by atoms with Crippen LogP contribution in [0.4, 0.5) is 0 Å². The monoisotopic (exact) mass is 215 g/mol. The van der Waals surface area contributed by atoms with Crippen LogP contribution in [-0.2, 0) is 0 Å². The summed E-state index contributed by atoms with van der Waals surface area (Å²) in [5.74, 6) is 0.528. The molecule has 1 aliphatic rings. The predicted molar refractivity (Wildman–Crippen MR) is 49.2 cm³/mol. The molecule has 0 fully saturated rings. The average Bonchev–Trinajstić information content (AvgIpc) is 2.60. The van der Waals surface area contributed by atoms with Crippen LogP contribution in [0.25, 0.3) is 0 Å². The van der Waals surface area contributed by atoms with Crippen LogP contribution in [0.3, 0.4) is 0 Å². The Morgan fingerprint density at radius 3 is 3.00 bits per heavy atom. The predicted octanol–water partition coefficient (Wildman–Crippen LogP) is 0.981. The molecule has 1 N–H and O–H groups in total.